The molecule has 2 aromatic heterocycles. The molecule has 0 radical (unpaired) electrons. The van der Waals surface area contributed by atoms with Gasteiger partial charge in [-0.05, 0) is 36.8 Å². The molecule has 9 nitrogen and oxygen atoms in total. The molecule has 0 unspecified atom stereocenters. The maximum Gasteiger partial charge on any atom is 0.344 e. The maximum absolute atomic E-state index is 12.9. The Bertz CT molecular complexity index is 1180. The second-order valence-corrected chi connectivity index (χ2v) is 9.66. The van der Waals surface area contributed by atoms with Crippen LogP contribution in [0, 0.1) is 0 Å². The van der Waals surface area contributed by atoms with Crippen molar-refractivity contribution in [3.63, 3.8) is 0 Å². The van der Waals surface area contributed by atoms with Crippen molar-refractivity contribution in [2.45, 2.75) is 36.5 Å². The average molecular weight is 469 g/mol. The van der Waals surface area contributed by atoms with E-state index < -0.39 is 23.4 Å². The number of nitrogens with one attached hydrogen (secondary N) is 2. The Morgan fingerprint density at radius 1 is 1.22 bits per heavy atom. The maximum atomic E-state index is 12.9. The van der Waals surface area contributed by atoms with E-state index in [1.54, 1.807) is 42.5 Å². The second-order valence-electron chi connectivity index (χ2n) is 7.77. The molecule has 1 saturated heterocycles. The van der Waals surface area contributed by atoms with E-state index in [1.807, 2.05) is 23.6 Å². The molecule has 1 aliphatic heterocycles. The molecule has 1 aliphatic carbocycles. The van der Waals surface area contributed by atoms with Gasteiger partial charge >= 0.3 is 6.03 Å². The molecule has 1 aromatic carbocycles. The molecule has 11 heteroatoms. The summed E-state index contributed by atoms with van der Waals surface area (Å²) in [7, 11) is 0. The Hall–Kier alpha value is -3.18. The number of hydrogen-bond acceptors (Lipinski definition) is 7. The number of urea groups is 1. The number of hydrogen-bond donors (Lipinski definition) is 2. The van der Waals surface area contributed by atoms with Crippen molar-refractivity contribution >= 4 is 40.9 Å². The van der Waals surface area contributed by atoms with Gasteiger partial charge in [-0.15, -0.1) is 21.5 Å². The molecular formula is C21H20N6O3S2. The van der Waals surface area contributed by atoms with Gasteiger partial charge in [-0.3, -0.25) is 19.6 Å². The molecular weight excluding hydrogens is 448 g/mol. The standard InChI is InChI=1S/C21H20N6O3S2/c1-21(13-6-3-2-4-7-13)18(29)27(19(30)22-21)25-16(28)12-32-20-24-23-17(15-8-5-11-31-15)26(20)14-9-10-14/h2-8,11,14H,9-10,12H2,1H3,(H,22,30)(H,25,28)/t21-/m1/s1. The molecule has 3 heterocycles. The van der Waals surface area contributed by atoms with Crippen molar-refractivity contribution in [1.29, 1.82) is 0 Å². The van der Waals surface area contributed by atoms with Crippen LogP contribution in [-0.4, -0.2) is 43.4 Å². The van der Waals surface area contributed by atoms with Gasteiger partial charge in [0, 0.05) is 6.04 Å². The van der Waals surface area contributed by atoms with E-state index in [4.69, 9.17) is 0 Å². The fourth-order valence-electron chi connectivity index (χ4n) is 3.61. The lowest BCUT2D eigenvalue weighted by Gasteiger charge is -2.22. The molecule has 32 heavy (non-hydrogen) atoms. The minimum Gasteiger partial charge on any atom is -0.318 e. The molecule has 4 amide bonds. The zero-order valence-corrected chi connectivity index (χ0v) is 18.8. The third kappa shape index (κ3) is 3.67. The van der Waals surface area contributed by atoms with Crippen molar-refractivity contribution in [3.8, 4) is 10.7 Å². The van der Waals surface area contributed by atoms with Gasteiger partial charge in [0.2, 0.25) is 5.91 Å². The summed E-state index contributed by atoms with van der Waals surface area (Å²) < 4.78 is 2.07. The predicted molar refractivity (Wildman–Crippen MR) is 120 cm³/mol. The van der Waals surface area contributed by atoms with Gasteiger partial charge in [-0.1, -0.05) is 48.2 Å². The van der Waals surface area contributed by atoms with Crippen molar-refractivity contribution in [2.75, 3.05) is 5.75 Å². The lowest BCUT2D eigenvalue weighted by atomic mass is 9.92. The van der Waals surface area contributed by atoms with Crippen LogP contribution >= 0.6 is 23.1 Å². The number of amides is 4. The Labute approximate surface area is 192 Å². The molecule has 2 N–H and O–H groups in total. The van der Waals surface area contributed by atoms with Gasteiger partial charge in [0.25, 0.3) is 5.91 Å². The molecule has 2 fully saturated rings. The number of carbonyl (C=O) groups is 3. The highest BCUT2D eigenvalue weighted by Crippen LogP contribution is 2.41. The SMILES string of the molecule is C[C@]1(c2ccccc2)NC(=O)N(NC(=O)CSc2nnc(-c3cccs3)n2C2CC2)C1=O. The van der Waals surface area contributed by atoms with Crippen LogP contribution in [0.4, 0.5) is 4.79 Å². The average Bonchev–Trinajstić information content (AvgIpc) is 3.23. The van der Waals surface area contributed by atoms with Crippen LogP contribution in [0.15, 0.2) is 53.0 Å². The summed E-state index contributed by atoms with van der Waals surface area (Å²) in [5, 5.41) is 14.6. The van der Waals surface area contributed by atoms with Crippen LogP contribution in [-0.2, 0) is 15.1 Å². The zero-order chi connectivity index (χ0) is 22.3. The Kier molecular flexibility index (Phi) is 5.22. The van der Waals surface area contributed by atoms with E-state index in [0.29, 0.717) is 16.8 Å². The normalized spacial score (nSPS) is 20.5. The second kappa shape index (κ2) is 8.06. The first-order valence-electron chi connectivity index (χ1n) is 10.1. The summed E-state index contributed by atoms with van der Waals surface area (Å²) in [5.74, 6) is -0.209. The number of rotatable bonds is 7. The summed E-state index contributed by atoms with van der Waals surface area (Å²) in [6, 6.07) is 12.6. The van der Waals surface area contributed by atoms with E-state index >= 15 is 0 Å². The van der Waals surface area contributed by atoms with Crippen molar-refractivity contribution in [3.05, 3.63) is 53.4 Å². The fraction of sp³-hybridized carbons (Fsp3) is 0.286. The van der Waals surface area contributed by atoms with Crippen LogP contribution in [0.2, 0.25) is 0 Å². The highest BCUT2D eigenvalue weighted by atomic mass is 32.2. The van der Waals surface area contributed by atoms with E-state index in [2.05, 4.69) is 25.5 Å². The monoisotopic (exact) mass is 468 g/mol. The molecule has 1 saturated carbocycles. The molecule has 2 aliphatic rings. The zero-order valence-electron chi connectivity index (χ0n) is 17.1. The summed E-state index contributed by atoms with van der Waals surface area (Å²) in [4.78, 5) is 39.0. The third-order valence-electron chi connectivity index (χ3n) is 5.43. The Morgan fingerprint density at radius 3 is 2.69 bits per heavy atom. The number of carbonyl (C=O) groups excluding carboxylic acids is 3. The minimum atomic E-state index is -1.24. The molecule has 3 aromatic rings. The first-order chi connectivity index (χ1) is 15.5. The quantitative estimate of drug-likeness (QED) is 0.408. The van der Waals surface area contributed by atoms with Gasteiger partial charge in [0.15, 0.2) is 11.0 Å². The van der Waals surface area contributed by atoms with Crippen LogP contribution < -0.4 is 10.7 Å². The largest absolute Gasteiger partial charge is 0.344 e. The van der Waals surface area contributed by atoms with E-state index in [-0.39, 0.29) is 5.75 Å². The van der Waals surface area contributed by atoms with Gasteiger partial charge in [-0.2, -0.15) is 5.01 Å². The summed E-state index contributed by atoms with van der Waals surface area (Å²) in [6.07, 6.45) is 2.10. The van der Waals surface area contributed by atoms with Gasteiger partial charge in [0.1, 0.15) is 5.54 Å². The summed E-state index contributed by atoms with van der Waals surface area (Å²) >= 11 is 2.83. The van der Waals surface area contributed by atoms with Crippen molar-refractivity contribution in [1.82, 2.24) is 30.5 Å². The lowest BCUT2D eigenvalue weighted by molar-refractivity contribution is -0.138. The summed E-state index contributed by atoms with van der Waals surface area (Å²) in [5.41, 5.74) is 1.84. The molecule has 0 spiro atoms. The first kappa shape index (κ1) is 20.7. The van der Waals surface area contributed by atoms with Crippen molar-refractivity contribution < 1.29 is 14.4 Å². The Morgan fingerprint density at radius 2 is 2.00 bits per heavy atom. The van der Waals surface area contributed by atoms with Crippen LogP contribution in [0.1, 0.15) is 31.4 Å². The van der Waals surface area contributed by atoms with Crippen LogP contribution in [0.3, 0.4) is 0 Å². The number of imide groups is 1. The Balaban J connectivity index is 1.26. The number of thiophene rings is 1. The molecule has 0 bridgehead atoms. The fourth-order valence-corrected chi connectivity index (χ4v) is 5.11. The number of aromatic nitrogens is 3. The van der Waals surface area contributed by atoms with E-state index in [1.165, 1.54) is 11.8 Å². The van der Waals surface area contributed by atoms with Crippen molar-refractivity contribution in [2.24, 2.45) is 0 Å². The number of hydrazine groups is 1. The third-order valence-corrected chi connectivity index (χ3v) is 7.24. The first-order valence-corrected chi connectivity index (χ1v) is 12.0. The van der Waals surface area contributed by atoms with Gasteiger partial charge in [-0.25, -0.2) is 4.79 Å². The molecule has 5 rings (SSSR count). The smallest absolute Gasteiger partial charge is 0.318 e. The van der Waals surface area contributed by atoms with E-state index in [0.717, 1.165) is 28.6 Å². The van der Waals surface area contributed by atoms with E-state index in [9.17, 15) is 14.4 Å². The molecule has 164 valence electrons. The summed E-state index contributed by atoms with van der Waals surface area (Å²) in [6.45, 7) is 1.62. The number of nitrogens with zero attached hydrogens (tertiary/aromatic N) is 4. The van der Waals surface area contributed by atoms with Crippen LogP contribution in [0.25, 0.3) is 10.7 Å². The number of thioether (sulfide) groups is 1. The lowest BCUT2D eigenvalue weighted by Crippen LogP contribution is -2.48. The van der Waals surface area contributed by atoms with Gasteiger partial charge < -0.3 is 5.32 Å². The van der Waals surface area contributed by atoms with Crippen LogP contribution in [0.5, 0.6) is 0 Å². The topological polar surface area (TPSA) is 109 Å². The molecule has 1 atom stereocenters. The predicted octanol–water partition coefficient (Wildman–Crippen LogP) is 2.93. The number of benzene rings is 1. The van der Waals surface area contributed by atoms with Gasteiger partial charge in [0.05, 0.1) is 10.6 Å². The highest BCUT2D eigenvalue weighted by Gasteiger charge is 2.50. The highest BCUT2D eigenvalue weighted by molar-refractivity contribution is 7.99. The minimum absolute atomic E-state index is 0.00555.